The normalized spacial score (nSPS) is 30.9. The number of hydrogen-bond acceptors (Lipinski definition) is 7. The van der Waals surface area contributed by atoms with Crippen molar-refractivity contribution in [3.63, 3.8) is 0 Å². The molecule has 1 saturated heterocycles. The summed E-state index contributed by atoms with van der Waals surface area (Å²) in [5.41, 5.74) is 0. The Morgan fingerprint density at radius 1 is 0.913 bits per heavy atom. The Kier molecular flexibility index (Phi) is 7.48. The van der Waals surface area contributed by atoms with Gasteiger partial charge in [0.05, 0.1) is 12.7 Å². The molecule has 7 nitrogen and oxygen atoms in total. The summed E-state index contributed by atoms with van der Waals surface area (Å²) in [4.78, 5) is 34.4. The zero-order chi connectivity index (χ0) is 17.6. The smallest absolute Gasteiger partial charge is 0.303 e. The molecule has 0 saturated carbocycles. The fraction of sp³-hybridized carbons (Fsp3) is 0.812. The van der Waals surface area contributed by atoms with E-state index >= 15 is 0 Å². The lowest BCUT2D eigenvalue weighted by molar-refractivity contribution is -0.190. The Morgan fingerprint density at radius 2 is 1.39 bits per heavy atom. The first-order valence-corrected chi connectivity index (χ1v) is 7.89. The molecule has 0 aliphatic carbocycles. The quantitative estimate of drug-likeness (QED) is 0.559. The van der Waals surface area contributed by atoms with Crippen molar-refractivity contribution >= 4 is 17.9 Å². The van der Waals surface area contributed by atoms with Crippen LogP contribution in [0.25, 0.3) is 0 Å². The van der Waals surface area contributed by atoms with Crippen molar-refractivity contribution in [3.8, 4) is 0 Å². The predicted octanol–water partition coefficient (Wildman–Crippen LogP) is 1.62. The Morgan fingerprint density at radius 3 is 1.87 bits per heavy atom. The van der Waals surface area contributed by atoms with Crippen molar-refractivity contribution in [2.24, 2.45) is 5.92 Å². The molecule has 132 valence electrons. The summed E-state index contributed by atoms with van der Waals surface area (Å²) in [5.74, 6) is -1.74. The van der Waals surface area contributed by atoms with Gasteiger partial charge in [0.15, 0.2) is 12.2 Å². The molecular formula is C16H26O7. The van der Waals surface area contributed by atoms with Crippen molar-refractivity contribution in [1.82, 2.24) is 0 Å². The minimum absolute atomic E-state index is 0.205. The number of rotatable bonds is 5. The van der Waals surface area contributed by atoms with E-state index in [2.05, 4.69) is 0 Å². The molecule has 0 bridgehead atoms. The molecule has 0 amide bonds. The average molecular weight is 330 g/mol. The summed E-state index contributed by atoms with van der Waals surface area (Å²) in [6.45, 7) is 7.96. The molecule has 5 unspecified atom stereocenters. The number of carbonyl (C=O) groups excluding carboxylic acids is 3. The van der Waals surface area contributed by atoms with Crippen LogP contribution in [0, 0.1) is 5.92 Å². The fourth-order valence-corrected chi connectivity index (χ4v) is 2.75. The molecule has 1 rings (SSSR count). The summed E-state index contributed by atoms with van der Waals surface area (Å²) in [5, 5.41) is 0. The second-order valence-electron chi connectivity index (χ2n) is 5.86. The zero-order valence-electron chi connectivity index (χ0n) is 14.4. The molecular weight excluding hydrogens is 304 g/mol. The van der Waals surface area contributed by atoms with Crippen LogP contribution in [-0.2, 0) is 33.3 Å². The molecule has 1 aliphatic rings. The second-order valence-corrected chi connectivity index (χ2v) is 5.86. The maximum atomic E-state index is 11.5. The number of ether oxygens (including phenoxy) is 4. The van der Waals surface area contributed by atoms with Crippen molar-refractivity contribution in [2.45, 2.75) is 71.9 Å². The van der Waals surface area contributed by atoms with E-state index in [-0.39, 0.29) is 5.92 Å². The third-order valence-electron chi connectivity index (χ3n) is 3.63. The molecule has 1 heterocycles. The van der Waals surface area contributed by atoms with Crippen molar-refractivity contribution in [3.05, 3.63) is 0 Å². The van der Waals surface area contributed by atoms with Crippen molar-refractivity contribution < 1.29 is 33.3 Å². The molecule has 5 atom stereocenters. The van der Waals surface area contributed by atoms with Gasteiger partial charge in [-0.15, -0.1) is 0 Å². The van der Waals surface area contributed by atoms with Crippen LogP contribution in [0.5, 0.6) is 0 Å². The Hall–Kier alpha value is -1.63. The standard InChI is InChI=1S/C16H26O7/c1-6-7-13-15(22-11(4)18)16(23-12(5)19)14(21-10(3)17)9(2)8-20-13/h9,13-16H,6-8H2,1-5H3. The van der Waals surface area contributed by atoms with E-state index in [1.54, 1.807) is 0 Å². The maximum Gasteiger partial charge on any atom is 0.303 e. The Balaban J connectivity index is 3.19. The van der Waals surface area contributed by atoms with E-state index < -0.39 is 42.3 Å². The summed E-state index contributed by atoms with van der Waals surface area (Å²) < 4.78 is 21.9. The molecule has 0 aromatic heterocycles. The first-order valence-electron chi connectivity index (χ1n) is 7.89. The lowest BCUT2D eigenvalue weighted by Crippen LogP contribution is -2.50. The van der Waals surface area contributed by atoms with Gasteiger partial charge in [-0.05, 0) is 6.42 Å². The third-order valence-corrected chi connectivity index (χ3v) is 3.63. The molecule has 1 fully saturated rings. The first kappa shape index (κ1) is 19.4. The molecule has 0 spiro atoms. The van der Waals surface area contributed by atoms with Gasteiger partial charge in [0.2, 0.25) is 0 Å². The minimum atomic E-state index is -0.894. The van der Waals surface area contributed by atoms with Crippen LogP contribution < -0.4 is 0 Å². The van der Waals surface area contributed by atoms with Gasteiger partial charge in [0.25, 0.3) is 0 Å². The van der Waals surface area contributed by atoms with Gasteiger partial charge in [-0.3, -0.25) is 14.4 Å². The Bertz CT molecular complexity index is 434. The highest BCUT2D eigenvalue weighted by Crippen LogP contribution is 2.29. The van der Waals surface area contributed by atoms with Gasteiger partial charge in [-0.25, -0.2) is 0 Å². The lowest BCUT2D eigenvalue weighted by Gasteiger charge is -2.33. The summed E-state index contributed by atoms with van der Waals surface area (Å²) in [7, 11) is 0. The van der Waals surface area contributed by atoms with Crippen LogP contribution in [0.4, 0.5) is 0 Å². The van der Waals surface area contributed by atoms with Crippen LogP contribution in [0.3, 0.4) is 0 Å². The highest BCUT2D eigenvalue weighted by atomic mass is 16.6. The van der Waals surface area contributed by atoms with Crippen LogP contribution in [-0.4, -0.2) is 48.9 Å². The minimum Gasteiger partial charge on any atom is -0.458 e. The van der Waals surface area contributed by atoms with E-state index in [4.69, 9.17) is 18.9 Å². The number of hydrogen-bond donors (Lipinski definition) is 0. The molecule has 1 aliphatic heterocycles. The van der Waals surface area contributed by atoms with E-state index in [9.17, 15) is 14.4 Å². The average Bonchev–Trinajstić information content (AvgIpc) is 2.52. The van der Waals surface area contributed by atoms with E-state index in [0.717, 1.165) is 6.42 Å². The largest absolute Gasteiger partial charge is 0.458 e. The molecule has 0 N–H and O–H groups in total. The molecule has 23 heavy (non-hydrogen) atoms. The number of esters is 3. The maximum absolute atomic E-state index is 11.5. The third kappa shape index (κ3) is 5.82. The van der Waals surface area contributed by atoms with Gasteiger partial charge in [-0.1, -0.05) is 20.3 Å². The molecule has 0 radical (unpaired) electrons. The van der Waals surface area contributed by atoms with Crippen LogP contribution in [0.2, 0.25) is 0 Å². The summed E-state index contributed by atoms with van der Waals surface area (Å²) >= 11 is 0. The highest BCUT2D eigenvalue weighted by Gasteiger charge is 2.46. The van der Waals surface area contributed by atoms with Crippen LogP contribution in [0.1, 0.15) is 47.5 Å². The van der Waals surface area contributed by atoms with Gasteiger partial charge in [-0.2, -0.15) is 0 Å². The van der Waals surface area contributed by atoms with E-state index in [1.165, 1.54) is 20.8 Å². The van der Waals surface area contributed by atoms with Crippen molar-refractivity contribution in [2.75, 3.05) is 6.61 Å². The summed E-state index contributed by atoms with van der Waals surface area (Å²) in [6, 6.07) is 0. The molecule has 0 aromatic rings. The first-order chi connectivity index (χ1) is 10.8. The van der Waals surface area contributed by atoms with E-state index in [1.807, 2.05) is 13.8 Å². The lowest BCUT2D eigenvalue weighted by atomic mass is 9.94. The van der Waals surface area contributed by atoms with Crippen LogP contribution >= 0.6 is 0 Å². The predicted molar refractivity (Wildman–Crippen MR) is 80.5 cm³/mol. The molecule has 0 aromatic carbocycles. The van der Waals surface area contributed by atoms with Gasteiger partial charge >= 0.3 is 17.9 Å². The van der Waals surface area contributed by atoms with Gasteiger partial charge in [0, 0.05) is 26.7 Å². The van der Waals surface area contributed by atoms with E-state index in [0.29, 0.717) is 13.0 Å². The zero-order valence-corrected chi connectivity index (χ0v) is 14.4. The second kappa shape index (κ2) is 8.86. The van der Waals surface area contributed by atoms with Gasteiger partial charge in [0.1, 0.15) is 6.10 Å². The van der Waals surface area contributed by atoms with Gasteiger partial charge < -0.3 is 18.9 Å². The van der Waals surface area contributed by atoms with Crippen LogP contribution in [0.15, 0.2) is 0 Å². The topological polar surface area (TPSA) is 88.1 Å². The highest BCUT2D eigenvalue weighted by molar-refractivity contribution is 5.68. The SMILES string of the molecule is CCCC1OCC(C)C(OC(C)=O)C(OC(C)=O)C1OC(C)=O. The summed E-state index contributed by atoms with van der Waals surface area (Å²) in [6.07, 6.45) is -1.42. The Labute approximate surface area is 136 Å². The van der Waals surface area contributed by atoms with Crippen molar-refractivity contribution in [1.29, 1.82) is 0 Å². The number of carbonyl (C=O) groups is 3. The fourth-order valence-electron chi connectivity index (χ4n) is 2.75. The molecule has 7 heteroatoms. The monoisotopic (exact) mass is 330 g/mol.